The Morgan fingerprint density at radius 3 is 2.84 bits per heavy atom. The summed E-state index contributed by atoms with van der Waals surface area (Å²) in [4.78, 5) is 22.8. The van der Waals surface area contributed by atoms with Crippen LogP contribution in [-0.2, 0) is 17.6 Å². The SMILES string of the molecule is CC(Nc1ncnc2c1CCC2)C(=O)N1CCCC1. The topological polar surface area (TPSA) is 58.1 Å². The first-order chi connectivity index (χ1) is 9.25. The maximum atomic E-state index is 12.3. The molecule has 5 heteroatoms. The fraction of sp³-hybridized carbons (Fsp3) is 0.643. The number of anilines is 1. The lowest BCUT2D eigenvalue weighted by atomic mass is 10.2. The van der Waals surface area contributed by atoms with Crippen molar-refractivity contribution in [3.05, 3.63) is 17.6 Å². The van der Waals surface area contributed by atoms with Crippen LogP contribution in [0.15, 0.2) is 6.33 Å². The molecule has 3 rings (SSSR count). The molecule has 1 unspecified atom stereocenters. The van der Waals surface area contributed by atoms with Crippen LogP contribution in [0.1, 0.15) is 37.4 Å². The van der Waals surface area contributed by atoms with E-state index in [9.17, 15) is 4.79 Å². The number of nitrogens with one attached hydrogen (secondary N) is 1. The molecule has 1 atom stereocenters. The van der Waals surface area contributed by atoms with E-state index in [4.69, 9.17) is 0 Å². The average Bonchev–Trinajstić information content (AvgIpc) is 3.09. The quantitative estimate of drug-likeness (QED) is 0.892. The van der Waals surface area contributed by atoms with Gasteiger partial charge in [-0.25, -0.2) is 9.97 Å². The fourth-order valence-corrected chi connectivity index (χ4v) is 2.96. The van der Waals surface area contributed by atoms with Gasteiger partial charge >= 0.3 is 0 Å². The van der Waals surface area contributed by atoms with Crippen LogP contribution in [0.5, 0.6) is 0 Å². The van der Waals surface area contributed by atoms with Crippen molar-refractivity contribution in [2.75, 3.05) is 18.4 Å². The van der Waals surface area contributed by atoms with Gasteiger partial charge < -0.3 is 10.2 Å². The van der Waals surface area contributed by atoms with Gasteiger partial charge in [-0.05, 0) is 39.0 Å². The van der Waals surface area contributed by atoms with E-state index in [2.05, 4.69) is 15.3 Å². The Morgan fingerprint density at radius 1 is 1.26 bits per heavy atom. The number of hydrogen-bond acceptors (Lipinski definition) is 4. The van der Waals surface area contributed by atoms with E-state index in [0.717, 1.165) is 56.7 Å². The Kier molecular flexibility index (Phi) is 3.36. The zero-order chi connectivity index (χ0) is 13.2. The molecule has 0 saturated carbocycles. The van der Waals surface area contributed by atoms with E-state index in [1.807, 2.05) is 11.8 Å². The van der Waals surface area contributed by atoms with Gasteiger partial charge in [0.2, 0.25) is 5.91 Å². The Hall–Kier alpha value is -1.65. The molecule has 102 valence electrons. The zero-order valence-corrected chi connectivity index (χ0v) is 11.4. The van der Waals surface area contributed by atoms with E-state index < -0.39 is 0 Å². The summed E-state index contributed by atoms with van der Waals surface area (Å²) >= 11 is 0. The number of amides is 1. The maximum absolute atomic E-state index is 12.3. The van der Waals surface area contributed by atoms with Gasteiger partial charge in [0, 0.05) is 24.3 Å². The number of hydrogen-bond donors (Lipinski definition) is 1. The maximum Gasteiger partial charge on any atom is 0.244 e. The normalized spacial score (nSPS) is 19.3. The zero-order valence-electron chi connectivity index (χ0n) is 11.4. The highest BCUT2D eigenvalue weighted by Crippen LogP contribution is 2.25. The average molecular weight is 260 g/mol. The fourth-order valence-electron chi connectivity index (χ4n) is 2.96. The molecule has 2 heterocycles. The summed E-state index contributed by atoms with van der Waals surface area (Å²) < 4.78 is 0. The molecule has 1 N–H and O–H groups in total. The highest BCUT2D eigenvalue weighted by molar-refractivity contribution is 5.84. The summed E-state index contributed by atoms with van der Waals surface area (Å²) in [7, 11) is 0. The molecule has 1 aliphatic carbocycles. The third-order valence-corrected chi connectivity index (χ3v) is 4.02. The van der Waals surface area contributed by atoms with Crippen LogP contribution in [0.4, 0.5) is 5.82 Å². The Bertz CT molecular complexity index is 482. The van der Waals surface area contributed by atoms with Gasteiger partial charge in [0.25, 0.3) is 0 Å². The van der Waals surface area contributed by atoms with Crippen LogP contribution in [0, 0.1) is 0 Å². The second-order valence-corrected chi connectivity index (χ2v) is 5.40. The second kappa shape index (κ2) is 5.15. The molecular formula is C14H20N4O. The molecule has 1 saturated heterocycles. The van der Waals surface area contributed by atoms with Gasteiger partial charge in [-0.15, -0.1) is 0 Å². The Labute approximate surface area is 113 Å². The van der Waals surface area contributed by atoms with Crippen molar-refractivity contribution < 1.29 is 4.79 Å². The number of likely N-dealkylation sites (tertiary alicyclic amines) is 1. The molecule has 1 aliphatic heterocycles. The molecule has 0 spiro atoms. The molecule has 0 aromatic carbocycles. The predicted octanol–water partition coefficient (Wildman–Crippen LogP) is 1.39. The van der Waals surface area contributed by atoms with Gasteiger partial charge in [-0.2, -0.15) is 0 Å². The highest BCUT2D eigenvalue weighted by atomic mass is 16.2. The first kappa shape index (κ1) is 12.4. The molecule has 1 aromatic heterocycles. The standard InChI is InChI=1S/C14H20N4O/c1-10(14(19)18-7-2-3-8-18)17-13-11-5-4-6-12(11)15-9-16-13/h9-10H,2-8H2,1H3,(H,15,16,17). The van der Waals surface area contributed by atoms with E-state index in [0.29, 0.717) is 0 Å². The van der Waals surface area contributed by atoms with Crippen LogP contribution in [0.25, 0.3) is 0 Å². The summed E-state index contributed by atoms with van der Waals surface area (Å²) in [6.45, 7) is 3.71. The van der Waals surface area contributed by atoms with Crippen molar-refractivity contribution in [1.82, 2.24) is 14.9 Å². The van der Waals surface area contributed by atoms with E-state index in [1.54, 1.807) is 6.33 Å². The Morgan fingerprint density at radius 2 is 2.05 bits per heavy atom. The van der Waals surface area contributed by atoms with Crippen LogP contribution in [-0.4, -0.2) is 39.9 Å². The number of fused-ring (bicyclic) bond motifs is 1. The van der Waals surface area contributed by atoms with Gasteiger partial charge in [-0.1, -0.05) is 0 Å². The largest absolute Gasteiger partial charge is 0.358 e. The first-order valence-corrected chi connectivity index (χ1v) is 7.14. The van der Waals surface area contributed by atoms with Gasteiger partial charge in [0.1, 0.15) is 18.2 Å². The Balaban J connectivity index is 1.71. The van der Waals surface area contributed by atoms with Crippen molar-refractivity contribution in [1.29, 1.82) is 0 Å². The van der Waals surface area contributed by atoms with Crippen LogP contribution in [0.3, 0.4) is 0 Å². The van der Waals surface area contributed by atoms with Gasteiger partial charge in [-0.3, -0.25) is 4.79 Å². The third kappa shape index (κ3) is 2.41. The number of carbonyl (C=O) groups excluding carboxylic acids is 1. The molecule has 5 nitrogen and oxygen atoms in total. The molecule has 1 amide bonds. The molecule has 0 radical (unpaired) electrons. The minimum Gasteiger partial charge on any atom is -0.358 e. The lowest BCUT2D eigenvalue weighted by Crippen LogP contribution is -2.40. The van der Waals surface area contributed by atoms with Crippen molar-refractivity contribution in [3.8, 4) is 0 Å². The van der Waals surface area contributed by atoms with Crippen LogP contribution in [0.2, 0.25) is 0 Å². The van der Waals surface area contributed by atoms with E-state index in [1.165, 1.54) is 5.56 Å². The number of aromatic nitrogens is 2. The minimum absolute atomic E-state index is 0.183. The molecule has 1 aromatic rings. The number of aryl methyl sites for hydroxylation is 1. The monoisotopic (exact) mass is 260 g/mol. The molecule has 1 fully saturated rings. The number of nitrogens with zero attached hydrogens (tertiary/aromatic N) is 3. The molecule has 19 heavy (non-hydrogen) atoms. The van der Waals surface area contributed by atoms with Gasteiger partial charge in [0.15, 0.2) is 0 Å². The van der Waals surface area contributed by atoms with Crippen molar-refractivity contribution in [2.24, 2.45) is 0 Å². The summed E-state index contributed by atoms with van der Waals surface area (Å²) in [5, 5.41) is 3.28. The van der Waals surface area contributed by atoms with Crippen LogP contribution >= 0.6 is 0 Å². The minimum atomic E-state index is -0.210. The molecule has 2 aliphatic rings. The summed E-state index contributed by atoms with van der Waals surface area (Å²) in [6.07, 6.45) is 7.03. The van der Waals surface area contributed by atoms with Gasteiger partial charge in [0.05, 0.1) is 0 Å². The lowest BCUT2D eigenvalue weighted by Gasteiger charge is -2.22. The molecular weight excluding hydrogens is 240 g/mol. The van der Waals surface area contributed by atoms with Crippen molar-refractivity contribution in [2.45, 2.75) is 45.1 Å². The second-order valence-electron chi connectivity index (χ2n) is 5.40. The smallest absolute Gasteiger partial charge is 0.244 e. The summed E-state index contributed by atoms with van der Waals surface area (Å²) in [6, 6.07) is -0.210. The lowest BCUT2D eigenvalue weighted by molar-refractivity contribution is -0.130. The number of rotatable bonds is 3. The number of carbonyl (C=O) groups is 1. The van der Waals surface area contributed by atoms with E-state index >= 15 is 0 Å². The van der Waals surface area contributed by atoms with E-state index in [-0.39, 0.29) is 11.9 Å². The molecule has 0 bridgehead atoms. The van der Waals surface area contributed by atoms with Crippen LogP contribution < -0.4 is 5.32 Å². The predicted molar refractivity (Wildman–Crippen MR) is 73.0 cm³/mol. The first-order valence-electron chi connectivity index (χ1n) is 7.14. The van der Waals surface area contributed by atoms with Crippen molar-refractivity contribution in [3.63, 3.8) is 0 Å². The summed E-state index contributed by atoms with van der Waals surface area (Å²) in [5.74, 6) is 1.03. The summed E-state index contributed by atoms with van der Waals surface area (Å²) in [5.41, 5.74) is 2.34. The van der Waals surface area contributed by atoms with Crippen molar-refractivity contribution >= 4 is 11.7 Å². The third-order valence-electron chi connectivity index (χ3n) is 4.02. The highest BCUT2D eigenvalue weighted by Gasteiger charge is 2.25.